The quantitative estimate of drug-likeness (QED) is 0.234. The molecule has 0 spiro atoms. The second kappa shape index (κ2) is 12.2. The number of piperidine rings is 1. The third-order valence-corrected chi connectivity index (χ3v) is 8.14. The standard InChI is InChI=1S/C33H35N5O4/c1-41-18-17-37-15-12-24(13-16-37)38-30(21-42-31-8-3-2-5-23(31)20-32(39)40)28-19-22(9-10-29(28)36-38)25-6-4-7-27-26(25)11-14-35-33(27)34/h2-11,14,19,24H,12-13,15-18,20-21H2,1H3,(H2,34,35)(H,39,40). The van der Waals surface area contributed by atoms with Crippen LogP contribution < -0.4 is 10.5 Å². The molecule has 3 N–H and O–H groups in total. The summed E-state index contributed by atoms with van der Waals surface area (Å²) < 4.78 is 13.8. The molecule has 9 heteroatoms. The Morgan fingerprint density at radius 2 is 1.86 bits per heavy atom. The van der Waals surface area contributed by atoms with Gasteiger partial charge in [-0.2, -0.15) is 5.10 Å². The second-order valence-corrected chi connectivity index (χ2v) is 10.8. The molecule has 0 saturated carbocycles. The van der Waals surface area contributed by atoms with Gasteiger partial charge in [0.05, 0.1) is 30.3 Å². The number of benzene rings is 3. The van der Waals surface area contributed by atoms with Gasteiger partial charge in [-0.25, -0.2) is 4.98 Å². The number of hydrogen-bond donors (Lipinski definition) is 2. The van der Waals surface area contributed by atoms with Crippen LogP contribution >= 0.6 is 0 Å². The summed E-state index contributed by atoms with van der Waals surface area (Å²) >= 11 is 0. The Kier molecular flexibility index (Phi) is 8.03. The highest BCUT2D eigenvalue weighted by atomic mass is 16.5. The molecule has 1 saturated heterocycles. The number of carboxylic acids is 1. The number of ether oxygens (including phenoxy) is 2. The van der Waals surface area contributed by atoms with Gasteiger partial charge in [0, 0.05) is 49.3 Å². The summed E-state index contributed by atoms with van der Waals surface area (Å²) in [7, 11) is 1.74. The summed E-state index contributed by atoms with van der Waals surface area (Å²) in [5, 5.41) is 17.5. The summed E-state index contributed by atoms with van der Waals surface area (Å²) in [4.78, 5) is 18.2. The summed E-state index contributed by atoms with van der Waals surface area (Å²) in [5.41, 5.74) is 10.8. The van der Waals surface area contributed by atoms with Crippen molar-refractivity contribution >= 4 is 33.5 Å². The Bertz CT molecular complexity index is 1730. The van der Waals surface area contributed by atoms with Gasteiger partial charge >= 0.3 is 5.97 Å². The lowest BCUT2D eigenvalue weighted by atomic mass is 9.97. The number of nitrogens with two attached hydrogens (primary N) is 1. The second-order valence-electron chi connectivity index (χ2n) is 10.8. The predicted octanol–water partition coefficient (Wildman–Crippen LogP) is 5.32. The smallest absolute Gasteiger partial charge is 0.307 e. The Balaban J connectivity index is 1.39. The fraction of sp³-hybridized carbons (Fsp3) is 0.303. The minimum absolute atomic E-state index is 0.0979. The minimum atomic E-state index is -0.891. The lowest BCUT2D eigenvalue weighted by Crippen LogP contribution is -2.37. The van der Waals surface area contributed by atoms with Gasteiger partial charge in [-0.15, -0.1) is 0 Å². The van der Waals surface area contributed by atoms with Crippen LogP contribution in [-0.2, 0) is 22.6 Å². The van der Waals surface area contributed by atoms with Gasteiger partial charge in [0.2, 0.25) is 0 Å². The predicted molar refractivity (Wildman–Crippen MR) is 164 cm³/mol. The van der Waals surface area contributed by atoms with Crippen molar-refractivity contribution in [3.05, 3.63) is 84.2 Å². The lowest BCUT2D eigenvalue weighted by molar-refractivity contribution is -0.136. The number of fused-ring (bicyclic) bond motifs is 2. The molecule has 0 radical (unpaired) electrons. The van der Waals surface area contributed by atoms with Crippen molar-refractivity contribution in [2.24, 2.45) is 0 Å². The third kappa shape index (κ3) is 5.66. The monoisotopic (exact) mass is 565 g/mol. The van der Waals surface area contributed by atoms with Gasteiger partial charge in [0.1, 0.15) is 18.2 Å². The van der Waals surface area contributed by atoms with Crippen LogP contribution in [0.25, 0.3) is 32.8 Å². The molecule has 0 amide bonds. The molecule has 9 nitrogen and oxygen atoms in total. The number of carbonyl (C=O) groups is 1. The fourth-order valence-corrected chi connectivity index (χ4v) is 5.96. The van der Waals surface area contributed by atoms with Gasteiger partial charge in [0.25, 0.3) is 0 Å². The first-order valence-corrected chi connectivity index (χ1v) is 14.3. The number of rotatable bonds is 10. The number of methoxy groups -OCH3 is 1. The van der Waals surface area contributed by atoms with Crippen molar-refractivity contribution in [3.8, 4) is 16.9 Å². The van der Waals surface area contributed by atoms with Crippen LogP contribution in [0.3, 0.4) is 0 Å². The summed E-state index contributed by atoms with van der Waals surface area (Å²) in [6, 6.07) is 22.0. The number of aliphatic carboxylic acids is 1. The molecule has 0 atom stereocenters. The summed E-state index contributed by atoms with van der Waals surface area (Å²) in [6.07, 6.45) is 3.59. The molecule has 1 aliphatic rings. The van der Waals surface area contributed by atoms with Crippen LogP contribution in [0.1, 0.15) is 30.1 Å². The Hall–Kier alpha value is -4.47. The van der Waals surface area contributed by atoms with Crippen LogP contribution in [0.2, 0.25) is 0 Å². The van der Waals surface area contributed by atoms with E-state index >= 15 is 0 Å². The number of hydrogen-bond acceptors (Lipinski definition) is 7. The highest BCUT2D eigenvalue weighted by Gasteiger charge is 2.25. The molecule has 1 fully saturated rings. The SMILES string of the molecule is COCCN1CCC(n2nc3ccc(-c4cccc5c(N)nccc45)cc3c2COc2ccccc2CC(=O)O)CC1. The number of carboxylic acid groups (broad SMARTS) is 1. The topological polar surface area (TPSA) is 116 Å². The lowest BCUT2D eigenvalue weighted by Gasteiger charge is -2.32. The third-order valence-electron chi connectivity index (χ3n) is 8.14. The highest BCUT2D eigenvalue weighted by Crippen LogP contribution is 2.35. The number of nitrogen functional groups attached to an aromatic ring is 1. The molecule has 42 heavy (non-hydrogen) atoms. The van der Waals surface area contributed by atoms with Crippen molar-refractivity contribution < 1.29 is 19.4 Å². The average Bonchev–Trinajstić information content (AvgIpc) is 3.37. The van der Waals surface area contributed by atoms with Crippen LogP contribution in [0.5, 0.6) is 5.75 Å². The number of para-hydroxylation sites is 1. The molecule has 0 unspecified atom stereocenters. The Labute approximate surface area is 244 Å². The van der Waals surface area contributed by atoms with Gasteiger partial charge in [-0.3, -0.25) is 9.48 Å². The molecular weight excluding hydrogens is 530 g/mol. The molecular formula is C33H35N5O4. The molecule has 6 rings (SSSR count). The first-order chi connectivity index (χ1) is 20.5. The van der Waals surface area contributed by atoms with Crippen molar-refractivity contribution in [2.45, 2.75) is 31.9 Å². The number of nitrogens with zero attached hydrogens (tertiary/aromatic N) is 4. The van der Waals surface area contributed by atoms with Crippen LogP contribution in [0, 0.1) is 0 Å². The van der Waals surface area contributed by atoms with Crippen LogP contribution in [0.4, 0.5) is 5.82 Å². The fourth-order valence-electron chi connectivity index (χ4n) is 5.96. The largest absolute Gasteiger partial charge is 0.487 e. The van der Waals surface area contributed by atoms with Crippen molar-refractivity contribution in [2.75, 3.05) is 39.1 Å². The summed E-state index contributed by atoms with van der Waals surface area (Å²) in [6.45, 7) is 3.87. The van der Waals surface area contributed by atoms with E-state index in [9.17, 15) is 9.90 Å². The zero-order chi connectivity index (χ0) is 29.1. The van der Waals surface area contributed by atoms with E-state index < -0.39 is 5.97 Å². The normalized spacial score (nSPS) is 14.5. The number of aromatic nitrogens is 3. The van der Waals surface area contributed by atoms with Gasteiger partial charge < -0.3 is 25.2 Å². The number of pyridine rings is 1. The minimum Gasteiger partial charge on any atom is -0.487 e. The maximum Gasteiger partial charge on any atom is 0.307 e. The maximum atomic E-state index is 11.5. The van der Waals surface area contributed by atoms with Gasteiger partial charge in [-0.1, -0.05) is 42.5 Å². The average molecular weight is 566 g/mol. The molecule has 2 aromatic heterocycles. The molecule has 0 bridgehead atoms. The number of likely N-dealkylation sites (tertiary alicyclic amines) is 1. The van der Waals surface area contributed by atoms with Gasteiger partial charge in [-0.05, 0) is 53.6 Å². The highest BCUT2D eigenvalue weighted by molar-refractivity contribution is 6.02. The molecule has 0 aliphatic carbocycles. The van der Waals surface area contributed by atoms with E-state index in [1.54, 1.807) is 19.4 Å². The maximum absolute atomic E-state index is 11.5. The van der Waals surface area contributed by atoms with E-state index in [0.29, 0.717) is 17.1 Å². The van der Waals surface area contributed by atoms with Crippen molar-refractivity contribution in [3.63, 3.8) is 0 Å². The van der Waals surface area contributed by atoms with E-state index in [1.165, 1.54) is 0 Å². The van der Waals surface area contributed by atoms with E-state index in [4.69, 9.17) is 20.3 Å². The van der Waals surface area contributed by atoms with E-state index in [0.717, 1.165) is 77.6 Å². The molecule has 1 aliphatic heterocycles. The molecule has 3 aromatic carbocycles. The molecule has 5 aromatic rings. The first-order valence-electron chi connectivity index (χ1n) is 14.3. The zero-order valence-electron chi connectivity index (χ0n) is 23.7. The molecule has 3 heterocycles. The van der Waals surface area contributed by atoms with Gasteiger partial charge in [0.15, 0.2) is 0 Å². The van der Waals surface area contributed by atoms with Crippen molar-refractivity contribution in [1.82, 2.24) is 19.7 Å². The van der Waals surface area contributed by atoms with E-state index in [-0.39, 0.29) is 19.1 Å². The number of anilines is 1. The van der Waals surface area contributed by atoms with Crippen LogP contribution in [0.15, 0.2) is 72.9 Å². The Morgan fingerprint density at radius 1 is 1.02 bits per heavy atom. The summed E-state index contributed by atoms with van der Waals surface area (Å²) in [5.74, 6) is 0.190. The van der Waals surface area contributed by atoms with Crippen molar-refractivity contribution in [1.29, 1.82) is 0 Å². The van der Waals surface area contributed by atoms with E-state index in [2.05, 4.69) is 38.8 Å². The molecule has 216 valence electrons. The van der Waals surface area contributed by atoms with Crippen LogP contribution in [-0.4, -0.2) is 64.1 Å². The first kappa shape index (κ1) is 27.7. The Morgan fingerprint density at radius 3 is 2.67 bits per heavy atom. The zero-order valence-corrected chi connectivity index (χ0v) is 23.7. The van der Waals surface area contributed by atoms with E-state index in [1.807, 2.05) is 36.4 Å².